The number of nitrogens with one attached hydrogen (secondary N) is 2. The van der Waals surface area contributed by atoms with Gasteiger partial charge in [0.15, 0.2) is 5.78 Å². The Morgan fingerprint density at radius 1 is 0.889 bits per heavy atom. The highest BCUT2D eigenvalue weighted by Gasteiger charge is 2.71. The topological polar surface area (TPSA) is 164 Å². The van der Waals surface area contributed by atoms with Gasteiger partial charge in [-0.2, -0.15) is 0 Å². The second-order valence-electron chi connectivity index (χ2n) is 23.6. The number of carboxylic acid groups (broad SMARTS) is 1. The Morgan fingerprint density at radius 2 is 1.59 bits per heavy atom. The fraction of sp³-hybridized carbons (Fsp3) is 0.765. The monoisotopic (exact) mass is 871 g/mol. The number of Topliss-reactive ketones (excluding diaryl/α,β-unsaturated/α-hetero) is 1. The lowest BCUT2D eigenvalue weighted by molar-refractivity contribution is -0.235. The van der Waals surface area contributed by atoms with Crippen molar-refractivity contribution in [1.29, 1.82) is 0 Å². The van der Waals surface area contributed by atoms with Crippen molar-refractivity contribution in [1.82, 2.24) is 15.6 Å². The Morgan fingerprint density at radius 3 is 2.24 bits per heavy atom. The number of esters is 1. The van der Waals surface area contributed by atoms with Crippen LogP contribution in [-0.2, 0) is 28.7 Å². The molecule has 63 heavy (non-hydrogen) atoms. The van der Waals surface area contributed by atoms with Crippen LogP contribution < -0.4 is 15.5 Å². The van der Waals surface area contributed by atoms with E-state index in [0.29, 0.717) is 62.4 Å². The predicted molar refractivity (Wildman–Crippen MR) is 240 cm³/mol. The van der Waals surface area contributed by atoms with E-state index in [9.17, 15) is 29.1 Å². The number of ether oxygens (including phenoxy) is 2. The molecule has 346 valence electrons. The second-order valence-corrected chi connectivity index (χ2v) is 23.6. The number of ketones is 1. The van der Waals surface area contributed by atoms with Crippen molar-refractivity contribution in [3.8, 4) is 0 Å². The molecule has 0 bridgehead atoms. The predicted octanol–water partition coefficient (Wildman–Crippen LogP) is 7.93. The number of pyridine rings is 1. The first-order valence-corrected chi connectivity index (χ1v) is 24.0. The molecule has 0 radical (unpaired) electrons. The molecule has 0 aromatic carbocycles. The number of aromatic nitrogens is 1. The number of hydrogen-bond acceptors (Lipinski definition) is 9. The van der Waals surface area contributed by atoms with Gasteiger partial charge in [0.25, 0.3) is 5.91 Å². The number of morpholine rings is 1. The molecule has 6 fully saturated rings. The van der Waals surface area contributed by atoms with Crippen LogP contribution in [0.2, 0.25) is 0 Å². The Balaban J connectivity index is 1.03. The van der Waals surface area contributed by atoms with Crippen molar-refractivity contribution in [2.75, 3.05) is 31.2 Å². The zero-order chi connectivity index (χ0) is 45.9. The Labute approximate surface area is 374 Å². The molecule has 2 heterocycles. The first kappa shape index (κ1) is 45.8. The number of anilines is 1. The molecule has 1 unspecified atom stereocenters. The maximum Gasteiger partial charge on any atom is 0.309 e. The molecule has 1 aromatic rings. The number of carboxylic acids is 1. The Hall–Kier alpha value is -3.80. The van der Waals surface area contributed by atoms with Crippen molar-refractivity contribution in [3.05, 3.63) is 35.0 Å². The Kier molecular flexibility index (Phi) is 11.2. The highest BCUT2D eigenvalue weighted by Crippen LogP contribution is 2.76. The van der Waals surface area contributed by atoms with Gasteiger partial charge in [-0.15, -0.1) is 0 Å². The van der Waals surface area contributed by atoms with Crippen LogP contribution >= 0.6 is 0 Å². The highest BCUT2D eigenvalue weighted by molar-refractivity contribution is 6.04. The van der Waals surface area contributed by atoms with Gasteiger partial charge in [-0.25, -0.2) is 4.98 Å². The van der Waals surface area contributed by atoms with Crippen LogP contribution in [0.5, 0.6) is 0 Å². The van der Waals surface area contributed by atoms with Gasteiger partial charge in [0.2, 0.25) is 5.91 Å². The molecular formula is C51H74N4O8. The molecule has 7 aliphatic rings. The quantitative estimate of drug-likeness (QED) is 0.208. The highest BCUT2D eigenvalue weighted by atomic mass is 16.5. The third-order valence-corrected chi connectivity index (χ3v) is 19.2. The first-order chi connectivity index (χ1) is 29.4. The van der Waals surface area contributed by atoms with Crippen molar-refractivity contribution in [2.24, 2.45) is 62.6 Å². The van der Waals surface area contributed by atoms with Gasteiger partial charge in [-0.05, 0) is 140 Å². The molecule has 1 saturated heterocycles. The largest absolute Gasteiger partial charge is 0.481 e. The summed E-state index contributed by atoms with van der Waals surface area (Å²) in [5.74, 6) is -1.13. The summed E-state index contributed by atoms with van der Waals surface area (Å²) in [5.41, 5.74) is -0.713. The standard InChI is InChI=1S/C51H74N4O8/c1-29(2)38-34(56)28-51(54-44(61)47(7,8)53-41(57)30-13-12-22-52-40(30)55-23-25-62-26-24-55)21-20-49(10)31(39(38)51)14-15-36-48(9)18-17-37(46(5,6)35(48)16-19-50(36,49)11)63-43(60)33-27-32(42(58)59)45(33,3)4/h12-13,22,29,31-33,35-37H,14-21,23-28H2,1-11H3,(H,53,57)(H,54,61)(H,58,59)/t31-,32+,33?,35+,36-,37+,48+,49-,50-,51-/m1/s1. The zero-order valence-corrected chi connectivity index (χ0v) is 39.9. The van der Waals surface area contributed by atoms with Gasteiger partial charge in [-0.1, -0.05) is 62.3 Å². The normalized spacial score (nSPS) is 38.0. The van der Waals surface area contributed by atoms with Crippen LogP contribution in [0.3, 0.4) is 0 Å². The van der Waals surface area contributed by atoms with Gasteiger partial charge >= 0.3 is 11.9 Å². The maximum atomic E-state index is 14.7. The van der Waals surface area contributed by atoms with Gasteiger partial charge < -0.3 is 30.1 Å². The first-order valence-electron chi connectivity index (χ1n) is 24.0. The second kappa shape index (κ2) is 15.4. The summed E-state index contributed by atoms with van der Waals surface area (Å²) < 4.78 is 12.0. The van der Waals surface area contributed by atoms with Crippen molar-refractivity contribution < 1.29 is 38.6 Å². The van der Waals surface area contributed by atoms with Crippen LogP contribution in [0, 0.1) is 62.6 Å². The van der Waals surface area contributed by atoms with Crippen molar-refractivity contribution in [3.63, 3.8) is 0 Å². The van der Waals surface area contributed by atoms with Crippen LogP contribution in [0.4, 0.5) is 5.82 Å². The summed E-state index contributed by atoms with van der Waals surface area (Å²) in [6, 6.07) is 3.48. The molecule has 6 aliphatic carbocycles. The van der Waals surface area contributed by atoms with Gasteiger partial charge in [0, 0.05) is 31.1 Å². The lowest BCUT2D eigenvalue weighted by Crippen LogP contribution is -2.68. The van der Waals surface area contributed by atoms with E-state index >= 15 is 0 Å². The Bertz CT molecular complexity index is 2100. The number of carbonyl (C=O) groups excluding carboxylic acids is 4. The molecule has 5 saturated carbocycles. The summed E-state index contributed by atoms with van der Waals surface area (Å²) >= 11 is 0. The third kappa shape index (κ3) is 6.90. The van der Waals surface area contributed by atoms with Crippen LogP contribution in [0.25, 0.3) is 0 Å². The van der Waals surface area contributed by atoms with E-state index in [1.807, 2.05) is 18.7 Å². The summed E-state index contributed by atoms with van der Waals surface area (Å²) in [5, 5.41) is 16.2. The van der Waals surface area contributed by atoms with Crippen LogP contribution in [-0.4, -0.2) is 83.1 Å². The smallest absolute Gasteiger partial charge is 0.309 e. The third-order valence-electron chi connectivity index (χ3n) is 19.2. The molecule has 1 aromatic heterocycles. The van der Waals surface area contributed by atoms with Crippen LogP contribution in [0.15, 0.2) is 29.5 Å². The maximum absolute atomic E-state index is 14.7. The summed E-state index contributed by atoms with van der Waals surface area (Å²) in [4.78, 5) is 75.1. The van der Waals surface area contributed by atoms with Gasteiger partial charge in [0.1, 0.15) is 17.5 Å². The average molecular weight is 871 g/mol. The van der Waals surface area contributed by atoms with E-state index in [1.165, 1.54) is 0 Å². The fourth-order valence-electron chi connectivity index (χ4n) is 15.3. The summed E-state index contributed by atoms with van der Waals surface area (Å²) in [7, 11) is 0. The molecule has 2 amide bonds. The SMILES string of the molecule is CC(C)C1=C2[C@H]3CC[C@@H]4[C@@]5(C)CC[C@H](OC(=O)C6C[C@@H](C(=O)O)C6(C)C)C(C)(C)[C@@H]5CC[C@@]4(C)[C@]3(C)CC[C@@]2(NC(=O)C(C)(C)NC(=O)c2cccnc2N2CCOCC2)CC1=O. The number of fused-ring (bicyclic) bond motifs is 7. The van der Waals surface area contributed by atoms with E-state index in [2.05, 4.69) is 64.1 Å². The number of carbonyl (C=O) groups is 5. The number of rotatable bonds is 9. The molecule has 0 spiro atoms. The summed E-state index contributed by atoms with van der Waals surface area (Å²) in [6.07, 6.45) is 9.27. The van der Waals surface area contributed by atoms with E-state index in [4.69, 9.17) is 9.47 Å². The average Bonchev–Trinajstić information content (AvgIpc) is 3.50. The summed E-state index contributed by atoms with van der Waals surface area (Å²) in [6.45, 7) is 25.9. The van der Waals surface area contributed by atoms with E-state index < -0.39 is 34.3 Å². The number of amides is 2. The molecule has 10 atom stereocenters. The van der Waals surface area contributed by atoms with E-state index in [-0.39, 0.29) is 69.6 Å². The number of nitrogens with zero attached hydrogens (tertiary/aromatic N) is 2. The van der Waals surface area contributed by atoms with Crippen molar-refractivity contribution in [2.45, 2.75) is 158 Å². The lowest BCUT2D eigenvalue weighted by atomic mass is 9.33. The van der Waals surface area contributed by atoms with Crippen LogP contribution in [0.1, 0.15) is 151 Å². The zero-order valence-electron chi connectivity index (χ0n) is 39.9. The molecular weight excluding hydrogens is 797 g/mol. The molecule has 1 aliphatic heterocycles. The molecule has 12 heteroatoms. The van der Waals surface area contributed by atoms with E-state index in [1.54, 1.807) is 32.2 Å². The number of hydrogen-bond donors (Lipinski definition) is 3. The minimum Gasteiger partial charge on any atom is -0.481 e. The number of aliphatic carboxylic acids is 1. The van der Waals surface area contributed by atoms with Gasteiger partial charge in [-0.3, -0.25) is 24.0 Å². The van der Waals surface area contributed by atoms with Gasteiger partial charge in [0.05, 0.1) is 36.2 Å². The molecule has 3 N–H and O–H groups in total. The molecule has 12 nitrogen and oxygen atoms in total. The van der Waals surface area contributed by atoms with Crippen molar-refractivity contribution >= 4 is 35.4 Å². The lowest BCUT2D eigenvalue weighted by Gasteiger charge is -2.72. The molecule has 8 rings (SSSR count). The number of allylic oxidation sites excluding steroid dienone is 1. The minimum atomic E-state index is -1.29. The fourth-order valence-corrected chi connectivity index (χ4v) is 15.3. The minimum absolute atomic E-state index is 0.00336. The van der Waals surface area contributed by atoms with E-state index in [0.717, 1.165) is 56.1 Å².